The number of fused-ring (bicyclic) bond motifs is 5. The van der Waals surface area contributed by atoms with Gasteiger partial charge in [0.25, 0.3) is 12.9 Å². The lowest BCUT2D eigenvalue weighted by molar-refractivity contribution is 0.145. The third kappa shape index (κ3) is 3.60. The molecule has 0 saturated heterocycles. The summed E-state index contributed by atoms with van der Waals surface area (Å²) in [7, 11) is 0. The van der Waals surface area contributed by atoms with E-state index < -0.39 is 12.9 Å². The Morgan fingerprint density at radius 3 is 2.43 bits per heavy atom. The maximum Gasteiger partial charge on any atom is 0.282 e. The van der Waals surface area contributed by atoms with Crippen LogP contribution in [0.25, 0.3) is 37.2 Å². The number of benzene rings is 1. The van der Waals surface area contributed by atoms with Crippen molar-refractivity contribution < 1.29 is 17.6 Å². The summed E-state index contributed by atoms with van der Waals surface area (Å²) in [4.78, 5) is 13.7. The minimum absolute atomic E-state index is 0.0929. The van der Waals surface area contributed by atoms with Gasteiger partial charge in [-0.3, -0.25) is 4.68 Å². The van der Waals surface area contributed by atoms with Crippen LogP contribution in [0.15, 0.2) is 48.8 Å². The van der Waals surface area contributed by atoms with Crippen LogP contribution in [-0.2, 0) is 6.54 Å². The zero-order valence-corrected chi connectivity index (χ0v) is 18.8. The first-order valence-electron chi connectivity index (χ1n) is 10.5. The smallest absolute Gasteiger partial charge is 0.262 e. The minimum atomic E-state index is -2.73. The monoisotopic (exact) mass is 497 g/mol. The molecular formula is C23H15F4N7S. The van der Waals surface area contributed by atoms with Crippen LogP contribution in [0.2, 0.25) is 0 Å². The number of nitrogens with zero attached hydrogens (tertiary/aromatic N) is 7. The van der Waals surface area contributed by atoms with Gasteiger partial charge >= 0.3 is 0 Å². The van der Waals surface area contributed by atoms with E-state index in [2.05, 4.69) is 25.1 Å². The predicted octanol–water partition coefficient (Wildman–Crippen LogP) is 5.98. The molecule has 6 rings (SSSR count). The molecular weight excluding hydrogens is 482 g/mol. The summed E-state index contributed by atoms with van der Waals surface area (Å²) in [6, 6.07) is 12.0. The second-order valence-electron chi connectivity index (χ2n) is 7.93. The first-order chi connectivity index (χ1) is 16.9. The van der Waals surface area contributed by atoms with Crippen LogP contribution >= 0.6 is 11.3 Å². The van der Waals surface area contributed by atoms with E-state index in [1.807, 2.05) is 30.3 Å². The van der Waals surface area contributed by atoms with Crippen LogP contribution in [0.4, 0.5) is 17.6 Å². The van der Waals surface area contributed by atoms with Gasteiger partial charge < -0.3 is 0 Å². The molecule has 6 aromatic rings. The largest absolute Gasteiger partial charge is 0.282 e. The van der Waals surface area contributed by atoms with Crippen molar-refractivity contribution in [2.45, 2.75) is 26.3 Å². The molecule has 0 spiro atoms. The molecule has 1 aromatic carbocycles. The molecule has 0 fully saturated rings. The SMILES string of the molecule is Cc1cc(C(F)F)nn1Cc1nc2c3sc4nc(C(F)F)cc(-c5ccccc5)c4c3ncn2n1. The Balaban J connectivity index is 1.53. The molecule has 0 bridgehead atoms. The van der Waals surface area contributed by atoms with E-state index in [0.717, 1.165) is 5.56 Å². The Morgan fingerprint density at radius 2 is 1.71 bits per heavy atom. The fourth-order valence-corrected chi connectivity index (χ4v) is 5.19. The molecule has 5 heterocycles. The van der Waals surface area contributed by atoms with E-state index in [4.69, 9.17) is 0 Å². The quantitative estimate of drug-likeness (QED) is 0.274. The molecule has 0 amide bonds. The van der Waals surface area contributed by atoms with Gasteiger partial charge in [-0.15, -0.1) is 16.4 Å². The van der Waals surface area contributed by atoms with Crippen LogP contribution in [0.3, 0.4) is 0 Å². The summed E-state index contributed by atoms with van der Waals surface area (Å²) in [5, 5.41) is 9.00. The van der Waals surface area contributed by atoms with Crippen molar-refractivity contribution in [1.29, 1.82) is 0 Å². The molecule has 0 aliphatic rings. The average molecular weight is 497 g/mol. The van der Waals surface area contributed by atoms with E-state index in [-0.39, 0.29) is 17.9 Å². The standard InChI is InChI=1S/C23H15F4N7S/c1-11-7-15(21(26)27)31-33(11)9-16-30-22-19-18(28-10-34(22)32-16)17-13(12-5-3-2-4-6-12)8-14(20(24)25)29-23(17)35-19/h2-8,10,20-21H,9H2,1H3. The molecule has 35 heavy (non-hydrogen) atoms. The van der Waals surface area contributed by atoms with Crippen molar-refractivity contribution in [3.63, 3.8) is 0 Å². The average Bonchev–Trinajstić information content (AvgIpc) is 3.53. The van der Waals surface area contributed by atoms with E-state index >= 15 is 0 Å². The summed E-state index contributed by atoms with van der Waals surface area (Å²) in [5.41, 5.74) is 2.37. The fraction of sp³-hybridized carbons (Fsp3) is 0.174. The second-order valence-corrected chi connectivity index (χ2v) is 8.93. The lowest BCUT2D eigenvalue weighted by Gasteiger charge is -2.07. The van der Waals surface area contributed by atoms with E-state index in [1.54, 1.807) is 6.92 Å². The normalized spacial score (nSPS) is 12.2. The lowest BCUT2D eigenvalue weighted by atomic mass is 10.0. The van der Waals surface area contributed by atoms with E-state index in [9.17, 15) is 17.6 Å². The van der Waals surface area contributed by atoms with E-state index in [1.165, 1.54) is 39.0 Å². The molecule has 12 heteroatoms. The maximum absolute atomic E-state index is 13.6. The van der Waals surface area contributed by atoms with Gasteiger partial charge in [0.1, 0.15) is 33.8 Å². The number of aryl methyl sites for hydroxylation is 1. The number of halogens is 4. The van der Waals surface area contributed by atoms with Gasteiger partial charge in [-0.2, -0.15) is 5.10 Å². The van der Waals surface area contributed by atoms with Gasteiger partial charge in [0.15, 0.2) is 11.5 Å². The van der Waals surface area contributed by atoms with Crippen LogP contribution in [-0.4, -0.2) is 34.3 Å². The highest BCUT2D eigenvalue weighted by molar-refractivity contribution is 7.26. The van der Waals surface area contributed by atoms with Gasteiger partial charge in [0.2, 0.25) is 0 Å². The molecule has 0 radical (unpaired) electrons. The topological polar surface area (TPSA) is 73.8 Å². The molecule has 176 valence electrons. The van der Waals surface area contributed by atoms with Crippen LogP contribution in [0, 0.1) is 6.92 Å². The molecule has 0 aliphatic carbocycles. The Hall–Kier alpha value is -3.93. The summed E-state index contributed by atoms with van der Waals surface area (Å²) >= 11 is 1.21. The molecule has 0 aliphatic heterocycles. The first kappa shape index (κ1) is 21.6. The molecule has 0 unspecified atom stereocenters. The molecule has 5 aromatic heterocycles. The van der Waals surface area contributed by atoms with Crippen molar-refractivity contribution in [3.8, 4) is 11.1 Å². The van der Waals surface area contributed by atoms with Crippen LogP contribution in [0.1, 0.15) is 35.8 Å². The fourth-order valence-electron chi connectivity index (χ4n) is 4.05. The van der Waals surface area contributed by atoms with Crippen LogP contribution in [0.5, 0.6) is 0 Å². The Morgan fingerprint density at radius 1 is 0.943 bits per heavy atom. The van der Waals surface area contributed by atoms with Gasteiger partial charge in [0, 0.05) is 11.1 Å². The highest BCUT2D eigenvalue weighted by Crippen LogP contribution is 2.40. The third-order valence-electron chi connectivity index (χ3n) is 5.65. The summed E-state index contributed by atoms with van der Waals surface area (Å²) in [6.07, 6.45) is -3.90. The van der Waals surface area contributed by atoms with Crippen molar-refractivity contribution in [1.82, 2.24) is 34.3 Å². The van der Waals surface area contributed by atoms with Crippen molar-refractivity contribution in [3.05, 3.63) is 71.7 Å². The number of thiophene rings is 1. The maximum atomic E-state index is 13.6. The highest BCUT2D eigenvalue weighted by Gasteiger charge is 2.22. The van der Waals surface area contributed by atoms with Crippen molar-refractivity contribution >= 4 is 37.4 Å². The number of rotatable bonds is 5. The third-order valence-corrected chi connectivity index (χ3v) is 6.72. The summed E-state index contributed by atoms with van der Waals surface area (Å²) in [6.45, 7) is 1.77. The number of hydrogen-bond donors (Lipinski definition) is 0. The zero-order chi connectivity index (χ0) is 24.3. The number of hydrogen-bond acceptors (Lipinski definition) is 6. The van der Waals surface area contributed by atoms with Gasteiger partial charge in [0.05, 0.1) is 5.52 Å². The van der Waals surface area contributed by atoms with Crippen molar-refractivity contribution in [2.24, 2.45) is 0 Å². The number of aromatic nitrogens is 7. The minimum Gasteiger partial charge on any atom is -0.262 e. The summed E-state index contributed by atoms with van der Waals surface area (Å²) < 4.78 is 56.8. The number of alkyl halides is 4. The van der Waals surface area contributed by atoms with Crippen LogP contribution < -0.4 is 0 Å². The van der Waals surface area contributed by atoms with Gasteiger partial charge in [-0.05, 0) is 30.2 Å². The lowest BCUT2D eigenvalue weighted by Crippen LogP contribution is -2.06. The predicted molar refractivity (Wildman–Crippen MR) is 123 cm³/mol. The first-order valence-corrected chi connectivity index (χ1v) is 11.3. The second kappa shape index (κ2) is 8.08. The summed E-state index contributed by atoms with van der Waals surface area (Å²) in [5.74, 6) is 0.355. The molecule has 7 nitrogen and oxygen atoms in total. The number of pyridine rings is 1. The highest BCUT2D eigenvalue weighted by atomic mass is 32.1. The van der Waals surface area contributed by atoms with Gasteiger partial charge in [-0.1, -0.05) is 30.3 Å². The Bertz CT molecular complexity index is 1710. The van der Waals surface area contributed by atoms with Crippen molar-refractivity contribution in [2.75, 3.05) is 0 Å². The van der Waals surface area contributed by atoms with Gasteiger partial charge in [-0.25, -0.2) is 37.0 Å². The zero-order valence-electron chi connectivity index (χ0n) is 18.0. The van der Waals surface area contributed by atoms with E-state index in [0.29, 0.717) is 43.2 Å². The molecule has 0 N–H and O–H groups in total. The Kier molecular flexibility index (Phi) is 4.99. The Labute approximate surface area is 198 Å². The molecule has 0 saturated carbocycles. The molecule has 0 atom stereocenters.